The minimum absolute atomic E-state index is 0.102. The predicted octanol–water partition coefficient (Wildman–Crippen LogP) is 2.03. The first-order chi connectivity index (χ1) is 9.12. The van der Waals surface area contributed by atoms with Crippen molar-refractivity contribution in [2.45, 2.75) is 6.92 Å². The number of nitrogens with zero attached hydrogens (tertiary/aromatic N) is 3. The first-order valence-electron chi connectivity index (χ1n) is 5.33. The molecule has 7 nitrogen and oxygen atoms in total. The van der Waals surface area contributed by atoms with Crippen LogP contribution in [0.4, 0.5) is 5.95 Å². The zero-order chi connectivity index (χ0) is 13.8. The van der Waals surface area contributed by atoms with Crippen LogP contribution >= 0.6 is 15.9 Å². The zero-order valence-corrected chi connectivity index (χ0v) is 11.9. The lowest BCUT2D eigenvalue weighted by atomic mass is 10.2. The van der Waals surface area contributed by atoms with E-state index in [4.69, 9.17) is 15.3 Å². The highest BCUT2D eigenvalue weighted by atomic mass is 79.9. The summed E-state index contributed by atoms with van der Waals surface area (Å²) in [6.45, 7) is 1.92. The average Bonchev–Trinajstić information content (AvgIpc) is 2.41. The minimum atomic E-state index is 0.102. The van der Waals surface area contributed by atoms with E-state index in [-0.39, 0.29) is 18.0 Å². The maximum absolute atomic E-state index is 5.59. The molecule has 0 fully saturated rings. The molecule has 0 aliphatic heterocycles. The number of hydrogen-bond donors (Lipinski definition) is 2. The summed E-state index contributed by atoms with van der Waals surface area (Å²) >= 11 is 3.38. The molecular weight excluding hydrogens is 314 g/mol. The van der Waals surface area contributed by atoms with E-state index < -0.39 is 0 Å². The highest BCUT2D eigenvalue weighted by molar-refractivity contribution is 9.10. The van der Waals surface area contributed by atoms with Crippen LogP contribution in [0.3, 0.4) is 0 Å². The summed E-state index contributed by atoms with van der Waals surface area (Å²) < 4.78 is 11.5. The summed E-state index contributed by atoms with van der Waals surface area (Å²) in [5.74, 6) is 6.07. The summed E-state index contributed by atoms with van der Waals surface area (Å²) in [6.07, 6.45) is 0. The number of nitrogen functional groups attached to an aromatic ring is 1. The van der Waals surface area contributed by atoms with Crippen molar-refractivity contribution < 1.29 is 9.47 Å². The van der Waals surface area contributed by atoms with E-state index >= 15 is 0 Å². The molecule has 0 radical (unpaired) electrons. The van der Waals surface area contributed by atoms with E-state index in [9.17, 15) is 0 Å². The lowest BCUT2D eigenvalue weighted by molar-refractivity contribution is 0.359. The first-order valence-corrected chi connectivity index (χ1v) is 6.12. The van der Waals surface area contributed by atoms with Gasteiger partial charge in [0.1, 0.15) is 5.75 Å². The molecule has 1 aromatic heterocycles. The Bertz CT molecular complexity index is 571. The number of aryl methyl sites for hydroxylation is 1. The Labute approximate surface area is 118 Å². The molecule has 1 aromatic carbocycles. The molecule has 19 heavy (non-hydrogen) atoms. The molecular formula is C11H12BrN5O2. The van der Waals surface area contributed by atoms with Crippen molar-refractivity contribution in [3.63, 3.8) is 0 Å². The highest BCUT2D eigenvalue weighted by Gasteiger charge is 2.09. The number of nitrogens with two attached hydrogens (primary N) is 1. The van der Waals surface area contributed by atoms with Gasteiger partial charge in [0.25, 0.3) is 0 Å². The number of benzene rings is 1. The SMILES string of the molecule is COc1nc(NN)nc(Oc2ccc(Br)cc2C)n1. The van der Waals surface area contributed by atoms with E-state index in [2.05, 4.69) is 36.3 Å². The van der Waals surface area contributed by atoms with Crippen molar-refractivity contribution >= 4 is 21.9 Å². The van der Waals surface area contributed by atoms with Gasteiger partial charge in [0.05, 0.1) is 7.11 Å². The minimum Gasteiger partial charge on any atom is -0.467 e. The lowest BCUT2D eigenvalue weighted by Gasteiger charge is -2.09. The van der Waals surface area contributed by atoms with Crippen LogP contribution in [-0.2, 0) is 0 Å². The molecule has 2 aromatic rings. The predicted molar refractivity (Wildman–Crippen MR) is 73.1 cm³/mol. The van der Waals surface area contributed by atoms with Gasteiger partial charge in [-0.2, -0.15) is 9.97 Å². The fraction of sp³-hybridized carbons (Fsp3) is 0.182. The Balaban J connectivity index is 2.31. The first kappa shape index (κ1) is 13.5. The van der Waals surface area contributed by atoms with E-state index in [0.717, 1.165) is 10.0 Å². The lowest BCUT2D eigenvalue weighted by Crippen LogP contribution is -2.12. The van der Waals surface area contributed by atoms with Crippen LogP contribution in [0.25, 0.3) is 0 Å². The Morgan fingerprint density at radius 2 is 1.95 bits per heavy atom. The molecule has 0 saturated heterocycles. The normalized spacial score (nSPS) is 10.1. The molecule has 8 heteroatoms. The van der Waals surface area contributed by atoms with Gasteiger partial charge in [-0.25, -0.2) is 5.84 Å². The third kappa shape index (κ3) is 3.30. The van der Waals surface area contributed by atoms with Crippen molar-refractivity contribution in [3.05, 3.63) is 28.2 Å². The molecule has 0 aliphatic carbocycles. The van der Waals surface area contributed by atoms with Crippen LogP contribution in [0.1, 0.15) is 5.56 Å². The van der Waals surface area contributed by atoms with E-state index in [1.165, 1.54) is 7.11 Å². The smallest absolute Gasteiger partial charge is 0.330 e. The number of hydrogen-bond acceptors (Lipinski definition) is 7. The molecule has 0 bridgehead atoms. The molecule has 2 rings (SSSR count). The van der Waals surface area contributed by atoms with Gasteiger partial charge in [-0.05, 0) is 30.7 Å². The van der Waals surface area contributed by atoms with E-state index in [1.807, 2.05) is 25.1 Å². The number of aromatic nitrogens is 3. The fourth-order valence-electron chi connectivity index (χ4n) is 1.37. The number of hydrazine groups is 1. The summed E-state index contributed by atoms with van der Waals surface area (Å²) in [5.41, 5.74) is 3.26. The summed E-state index contributed by atoms with van der Waals surface area (Å²) in [4.78, 5) is 11.9. The van der Waals surface area contributed by atoms with Gasteiger partial charge < -0.3 is 9.47 Å². The molecule has 0 saturated carbocycles. The number of methoxy groups -OCH3 is 1. The average molecular weight is 326 g/mol. The Hall–Kier alpha value is -1.93. The van der Waals surface area contributed by atoms with Crippen LogP contribution < -0.4 is 20.7 Å². The Kier molecular flexibility index (Phi) is 4.13. The van der Waals surface area contributed by atoms with E-state index in [1.54, 1.807) is 0 Å². The van der Waals surface area contributed by atoms with Crippen LogP contribution in [0.5, 0.6) is 17.8 Å². The van der Waals surface area contributed by atoms with Crippen molar-refractivity contribution in [2.24, 2.45) is 5.84 Å². The number of rotatable bonds is 4. The third-order valence-electron chi connectivity index (χ3n) is 2.24. The Morgan fingerprint density at radius 1 is 1.21 bits per heavy atom. The maximum Gasteiger partial charge on any atom is 0.330 e. The van der Waals surface area contributed by atoms with Gasteiger partial charge in [-0.15, -0.1) is 4.98 Å². The zero-order valence-electron chi connectivity index (χ0n) is 10.3. The second-order valence-corrected chi connectivity index (χ2v) is 4.50. The van der Waals surface area contributed by atoms with Gasteiger partial charge in [-0.3, -0.25) is 5.43 Å². The Morgan fingerprint density at radius 3 is 2.58 bits per heavy atom. The standard InChI is InChI=1S/C11H12BrN5O2/c1-6-5-7(12)3-4-8(6)19-11-15-9(17-13)14-10(16-11)18-2/h3-5H,13H2,1-2H3,(H,14,15,16,17). The van der Waals surface area contributed by atoms with Gasteiger partial charge in [0.2, 0.25) is 5.95 Å². The van der Waals surface area contributed by atoms with Crippen molar-refractivity contribution in [1.29, 1.82) is 0 Å². The molecule has 1 heterocycles. The number of anilines is 1. The van der Waals surface area contributed by atoms with Crippen LogP contribution in [0.15, 0.2) is 22.7 Å². The second kappa shape index (κ2) is 5.81. The number of ether oxygens (including phenoxy) is 2. The molecule has 3 N–H and O–H groups in total. The molecule has 0 aliphatic rings. The van der Waals surface area contributed by atoms with Gasteiger partial charge >= 0.3 is 12.0 Å². The summed E-state index contributed by atoms with van der Waals surface area (Å²) in [7, 11) is 1.45. The molecule has 0 atom stereocenters. The second-order valence-electron chi connectivity index (χ2n) is 3.58. The molecule has 0 spiro atoms. The van der Waals surface area contributed by atoms with Crippen molar-refractivity contribution in [3.8, 4) is 17.8 Å². The van der Waals surface area contributed by atoms with Crippen LogP contribution in [0.2, 0.25) is 0 Å². The van der Waals surface area contributed by atoms with Crippen LogP contribution in [0, 0.1) is 6.92 Å². The third-order valence-corrected chi connectivity index (χ3v) is 2.74. The van der Waals surface area contributed by atoms with Gasteiger partial charge in [-0.1, -0.05) is 15.9 Å². The monoisotopic (exact) mass is 325 g/mol. The molecule has 100 valence electrons. The molecule has 0 unspecified atom stereocenters. The van der Waals surface area contributed by atoms with Gasteiger partial charge in [0.15, 0.2) is 0 Å². The summed E-state index contributed by atoms with van der Waals surface area (Å²) in [6, 6.07) is 5.82. The van der Waals surface area contributed by atoms with Crippen molar-refractivity contribution in [1.82, 2.24) is 15.0 Å². The van der Waals surface area contributed by atoms with Gasteiger partial charge in [0, 0.05) is 4.47 Å². The van der Waals surface area contributed by atoms with Crippen LogP contribution in [-0.4, -0.2) is 22.1 Å². The van der Waals surface area contributed by atoms with Crippen molar-refractivity contribution in [2.75, 3.05) is 12.5 Å². The number of nitrogens with one attached hydrogen (secondary N) is 1. The quantitative estimate of drug-likeness (QED) is 0.655. The topological polar surface area (TPSA) is 95.2 Å². The highest BCUT2D eigenvalue weighted by Crippen LogP contribution is 2.26. The fourth-order valence-corrected chi connectivity index (χ4v) is 1.84. The number of halogens is 1. The maximum atomic E-state index is 5.59. The molecule has 0 amide bonds. The summed E-state index contributed by atoms with van der Waals surface area (Å²) in [5, 5.41) is 0. The largest absolute Gasteiger partial charge is 0.467 e. The van der Waals surface area contributed by atoms with E-state index in [0.29, 0.717) is 5.75 Å².